The van der Waals surface area contributed by atoms with Gasteiger partial charge in [-0.1, -0.05) is 36.4 Å². The van der Waals surface area contributed by atoms with E-state index in [1.807, 2.05) is 29.0 Å². The van der Waals surface area contributed by atoms with E-state index in [1.165, 1.54) is 7.11 Å². The van der Waals surface area contributed by atoms with Crippen molar-refractivity contribution >= 4 is 32.9 Å². The normalized spacial score (nSPS) is 18.6. The van der Waals surface area contributed by atoms with Crippen LogP contribution in [0.5, 0.6) is 0 Å². The molecule has 0 radical (unpaired) electrons. The Morgan fingerprint density at radius 2 is 1.97 bits per heavy atom. The second-order valence-electron chi connectivity index (χ2n) is 7.40. The first kappa shape index (κ1) is 21.0. The van der Waals surface area contributed by atoms with E-state index < -0.39 is 27.2 Å². The van der Waals surface area contributed by atoms with Crippen molar-refractivity contribution < 1.29 is 22.7 Å². The first-order valence-electron chi connectivity index (χ1n) is 9.72. The number of ether oxygens (including phenoxy) is 1. The first-order valence-corrected chi connectivity index (χ1v) is 11.3. The number of carbonyl (C=O) groups is 2. The highest BCUT2D eigenvalue weighted by molar-refractivity contribution is 7.90. The Morgan fingerprint density at radius 3 is 2.61 bits per heavy atom. The second kappa shape index (κ2) is 8.48. The van der Waals surface area contributed by atoms with E-state index in [9.17, 15) is 18.0 Å². The van der Waals surface area contributed by atoms with Gasteiger partial charge in [0.15, 0.2) is 0 Å². The minimum atomic E-state index is -3.69. The first-order chi connectivity index (χ1) is 14.9. The van der Waals surface area contributed by atoms with E-state index in [-0.39, 0.29) is 18.9 Å². The Bertz CT molecular complexity index is 1190. The molecule has 31 heavy (non-hydrogen) atoms. The smallest absolute Gasteiger partial charge is 0.246 e. The van der Waals surface area contributed by atoms with E-state index >= 15 is 0 Å². The molecule has 3 aromatic rings. The molecule has 1 saturated heterocycles. The molecule has 0 bridgehead atoms. The third-order valence-electron chi connectivity index (χ3n) is 5.14. The lowest BCUT2D eigenvalue weighted by Gasteiger charge is -2.17. The molecule has 2 aromatic carbocycles. The lowest BCUT2D eigenvalue weighted by Crippen LogP contribution is -2.33. The molecule has 0 aliphatic carbocycles. The van der Waals surface area contributed by atoms with Crippen LogP contribution in [0.3, 0.4) is 0 Å². The minimum absolute atomic E-state index is 0.0732. The Balaban J connectivity index is 1.57. The summed E-state index contributed by atoms with van der Waals surface area (Å²) in [6.07, 6.45) is 0.348. The van der Waals surface area contributed by atoms with Crippen molar-refractivity contribution in [2.24, 2.45) is 0 Å². The standard InChI is InChI=1S/C21H22N4O5S/c1-30-12-20(27)22-17(21-23-15-4-2-3-5-16(15)24-21)10-13-6-8-14(9-7-13)18-11-19(26)25-31(18,28)29/h2-9,17-18H,10-12H2,1H3,(H,22,27)(H,23,24)(H,25,26)/t17-,18?/m0/s1. The van der Waals surface area contributed by atoms with Crippen LogP contribution in [0.1, 0.15) is 34.7 Å². The Labute approximate surface area is 179 Å². The average Bonchev–Trinajstić information content (AvgIpc) is 3.27. The van der Waals surface area contributed by atoms with Gasteiger partial charge in [0, 0.05) is 7.11 Å². The molecule has 2 heterocycles. The van der Waals surface area contributed by atoms with Crippen LogP contribution in [0, 0.1) is 0 Å². The van der Waals surface area contributed by atoms with Gasteiger partial charge in [-0.05, 0) is 29.7 Å². The van der Waals surface area contributed by atoms with E-state index in [2.05, 4.69) is 15.3 Å². The fraction of sp³-hybridized carbons (Fsp3) is 0.286. The van der Waals surface area contributed by atoms with E-state index in [1.54, 1.807) is 24.3 Å². The van der Waals surface area contributed by atoms with Gasteiger partial charge in [-0.15, -0.1) is 0 Å². The zero-order chi connectivity index (χ0) is 22.0. The molecule has 1 aromatic heterocycles. The third-order valence-corrected chi connectivity index (χ3v) is 6.84. The van der Waals surface area contributed by atoms with Gasteiger partial charge in [-0.3, -0.25) is 14.3 Å². The van der Waals surface area contributed by atoms with E-state index in [0.29, 0.717) is 17.8 Å². The van der Waals surface area contributed by atoms with Gasteiger partial charge in [-0.25, -0.2) is 13.4 Å². The average molecular weight is 442 g/mol. The van der Waals surface area contributed by atoms with Crippen molar-refractivity contribution in [1.29, 1.82) is 0 Å². The predicted molar refractivity (Wildman–Crippen MR) is 113 cm³/mol. The largest absolute Gasteiger partial charge is 0.375 e. The second-order valence-corrected chi connectivity index (χ2v) is 9.26. The van der Waals surface area contributed by atoms with Crippen LogP contribution < -0.4 is 10.0 Å². The number of carbonyl (C=O) groups excluding carboxylic acids is 2. The number of sulfonamides is 1. The number of nitrogens with one attached hydrogen (secondary N) is 3. The fourth-order valence-electron chi connectivity index (χ4n) is 3.67. The summed E-state index contributed by atoms with van der Waals surface area (Å²) in [6.45, 7) is -0.0732. The summed E-state index contributed by atoms with van der Waals surface area (Å²) in [6, 6.07) is 14.1. The quantitative estimate of drug-likeness (QED) is 0.508. The molecule has 2 atom stereocenters. The number of rotatable bonds is 7. The van der Waals surface area contributed by atoms with Crippen LogP contribution in [0.4, 0.5) is 0 Å². The van der Waals surface area contributed by atoms with Crippen molar-refractivity contribution in [3.05, 3.63) is 65.5 Å². The molecule has 3 N–H and O–H groups in total. The van der Waals surface area contributed by atoms with Crippen molar-refractivity contribution in [2.75, 3.05) is 13.7 Å². The summed E-state index contributed by atoms with van der Waals surface area (Å²) in [5.41, 5.74) is 3.08. The highest BCUT2D eigenvalue weighted by Gasteiger charge is 2.37. The highest BCUT2D eigenvalue weighted by Crippen LogP contribution is 2.30. The number of benzene rings is 2. The summed E-state index contributed by atoms with van der Waals surface area (Å²) in [7, 11) is -2.24. The SMILES string of the molecule is COCC(=O)N[C@@H](Cc1ccc(C2CC(=O)NS2(=O)=O)cc1)c1nc2ccccc2[nH]1. The number of amides is 2. The van der Waals surface area contributed by atoms with Gasteiger partial charge in [-0.2, -0.15) is 0 Å². The van der Waals surface area contributed by atoms with Gasteiger partial charge < -0.3 is 15.0 Å². The van der Waals surface area contributed by atoms with Crippen molar-refractivity contribution in [3.63, 3.8) is 0 Å². The summed E-state index contributed by atoms with van der Waals surface area (Å²) < 4.78 is 31.1. The molecular formula is C21H22N4O5S. The molecule has 10 heteroatoms. The Morgan fingerprint density at radius 1 is 1.23 bits per heavy atom. The van der Waals surface area contributed by atoms with Gasteiger partial charge in [0.05, 0.1) is 23.5 Å². The lowest BCUT2D eigenvalue weighted by molar-refractivity contribution is -0.125. The fourth-order valence-corrected chi connectivity index (χ4v) is 5.10. The summed E-state index contributed by atoms with van der Waals surface area (Å²) in [4.78, 5) is 31.5. The topological polar surface area (TPSA) is 130 Å². The van der Waals surface area contributed by atoms with Gasteiger partial charge >= 0.3 is 0 Å². The van der Waals surface area contributed by atoms with Crippen LogP contribution in [0.25, 0.3) is 11.0 Å². The molecule has 1 aliphatic rings. The summed E-state index contributed by atoms with van der Waals surface area (Å²) in [5.74, 6) is -0.158. The molecule has 0 saturated carbocycles. The van der Waals surface area contributed by atoms with Crippen LogP contribution >= 0.6 is 0 Å². The van der Waals surface area contributed by atoms with Crippen LogP contribution in [0.15, 0.2) is 48.5 Å². The number of hydrogen-bond acceptors (Lipinski definition) is 6. The number of fused-ring (bicyclic) bond motifs is 1. The van der Waals surface area contributed by atoms with Crippen LogP contribution in [-0.2, 0) is 30.8 Å². The molecule has 2 amide bonds. The van der Waals surface area contributed by atoms with E-state index in [4.69, 9.17) is 4.74 Å². The molecular weight excluding hydrogens is 420 g/mol. The number of H-pyrrole nitrogens is 1. The minimum Gasteiger partial charge on any atom is -0.375 e. The summed E-state index contributed by atoms with van der Waals surface area (Å²) in [5, 5.41) is 2.04. The number of aromatic amines is 1. The van der Waals surface area contributed by atoms with Crippen molar-refractivity contribution in [2.45, 2.75) is 24.1 Å². The molecule has 9 nitrogen and oxygen atoms in total. The molecule has 1 fully saturated rings. The Hall–Kier alpha value is -3.24. The number of para-hydroxylation sites is 2. The highest BCUT2D eigenvalue weighted by atomic mass is 32.2. The molecule has 162 valence electrons. The zero-order valence-electron chi connectivity index (χ0n) is 16.8. The molecule has 4 rings (SSSR count). The van der Waals surface area contributed by atoms with E-state index in [0.717, 1.165) is 16.6 Å². The maximum absolute atomic E-state index is 12.2. The maximum atomic E-state index is 12.2. The van der Waals surface area contributed by atoms with Crippen molar-refractivity contribution in [3.8, 4) is 0 Å². The summed E-state index contributed by atoms with van der Waals surface area (Å²) >= 11 is 0. The third kappa shape index (κ3) is 4.59. The van der Waals surface area contributed by atoms with Gasteiger partial charge in [0.1, 0.15) is 17.7 Å². The zero-order valence-corrected chi connectivity index (χ0v) is 17.6. The Kier molecular flexibility index (Phi) is 5.75. The number of aromatic nitrogens is 2. The predicted octanol–water partition coefficient (Wildman–Crippen LogP) is 1.50. The maximum Gasteiger partial charge on any atom is 0.246 e. The lowest BCUT2D eigenvalue weighted by atomic mass is 10.0. The van der Waals surface area contributed by atoms with Crippen LogP contribution in [0.2, 0.25) is 0 Å². The molecule has 0 spiro atoms. The van der Waals surface area contributed by atoms with Gasteiger partial charge in [0.25, 0.3) is 0 Å². The van der Waals surface area contributed by atoms with Crippen LogP contribution in [-0.4, -0.2) is 43.9 Å². The number of methoxy groups -OCH3 is 1. The molecule has 1 unspecified atom stereocenters. The number of nitrogens with zero attached hydrogens (tertiary/aromatic N) is 1. The van der Waals surface area contributed by atoms with Crippen molar-refractivity contribution in [1.82, 2.24) is 20.0 Å². The number of imidazole rings is 1. The van der Waals surface area contributed by atoms with Gasteiger partial charge in [0.2, 0.25) is 21.8 Å². The monoisotopic (exact) mass is 442 g/mol. The number of hydrogen-bond donors (Lipinski definition) is 3. The molecule has 1 aliphatic heterocycles.